The summed E-state index contributed by atoms with van der Waals surface area (Å²) in [7, 11) is 0. The lowest BCUT2D eigenvalue weighted by molar-refractivity contribution is -0.125. The van der Waals surface area contributed by atoms with E-state index in [4.69, 9.17) is 0 Å². The number of rotatable bonds is 3. The fourth-order valence-corrected chi connectivity index (χ4v) is 2.60. The van der Waals surface area contributed by atoms with Gasteiger partial charge in [0.15, 0.2) is 0 Å². The standard InChI is InChI=1S/C16H24N2O/c1-12-5-6-13(2)15(10-12)11-18-16(19)14-4-3-8-17-9-7-14/h5-6,10,14,17H,3-4,7-9,11H2,1-2H3,(H,18,19). The summed E-state index contributed by atoms with van der Waals surface area (Å²) in [5.41, 5.74) is 3.71. The second-order valence-corrected chi connectivity index (χ2v) is 5.53. The molecule has 0 aromatic heterocycles. The van der Waals surface area contributed by atoms with Gasteiger partial charge in [0.2, 0.25) is 5.91 Å². The monoisotopic (exact) mass is 260 g/mol. The lowest BCUT2D eigenvalue weighted by Gasteiger charge is -2.15. The van der Waals surface area contributed by atoms with E-state index in [9.17, 15) is 4.79 Å². The van der Waals surface area contributed by atoms with Crippen molar-refractivity contribution in [2.45, 2.75) is 39.7 Å². The lowest BCUT2D eigenvalue weighted by Crippen LogP contribution is -2.31. The molecule has 1 aliphatic rings. The van der Waals surface area contributed by atoms with Gasteiger partial charge in [-0.3, -0.25) is 4.79 Å². The van der Waals surface area contributed by atoms with E-state index in [-0.39, 0.29) is 11.8 Å². The van der Waals surface area contributed by atoms with Gasteiger partial charge in [-0.05, 0) is 57.3 Å². The second kappa shape index (κ2) is 6.71. The van der Waals surface area contributed by atoms with E-state index < -0.39 is 0 Å². The minimum Gasteiger partial charge on any atom is -0.352 e. The third-order valence-corrected chi connectivity index (χ3v) is 3.90. The van der Waals surface area contributed by atoms with Gasteiger partial charge >= 0.3 is 0 Å². The van der Waals surface area contributed by atoms with Crippen LogP contribution in [0.5, 0.6) is 0 Å². The number of amides is 1. The largest absolute Gasteiger partial charge is 0.352 e. The van der Waals surface area contributed by atoms with Crippen molar-refractivity contribution in [2.24, 2.45) is 5.92 Å². The summed E-state index contributed by atoms with van der Waals surface area (Å²) in [4.78, 5) is 12.2. The summed E-state index contributed by atoms with van der Waals surface area (Å²) in [5.74, 6) is 0.393. The van der Waals surface area contributed by atoms with Crippen LogP contribution in [0.3, 0.4) is 0 Å². The zero-order chi connectivity index (χ0) is 13.7. The summed E-state index contributed by atoms with van der Waals surface area (Å²) in [6.45, 7) is 6.83. The highest BCUT2D eigenvalue weighted by atomic mass is 16.1. The average molecular weight is 260 g/mol. The molecule has 2 N–H and O–H groups in total. The van der Waals surface area contributed by atoms with E-state index >= 15 is 0 Å². The Morgan fingerprint density at radius 3 is 3.00 bits per heavy atom. The quantitative estimate of drug-likeness (QED) is 0.875. The Bertz CT molecular complexity index is 434. The van der Waals surface area contributed by atoms with Crippen molar-refractivity contribution in [3.63, 3.8) is 0 Å². The van der Waals surface area contributed by atoms with Crippen molar-refractivity contribution < 1.29 is 4.79 Å². The maximum Gasteiger partial charge on any atom is 0.223 e. The van der Waals surface area contributed by atoms with Gasteiger partial charge in [0.05, 0.1) is 0 Å². The summed E-state index contributed by atoms with van der Waals surface area (Å²) in [6.07, 6.45) is 3.06. The number of benzene rings is 1. The molecule has 3 nitrogen and oxygen atoms in total. The molecule has 0 spiro atoms. The molecule has 1 amide bonds. The molecule has 1 saturated heterocycles. The Hall–Kier alpha value is -1.35. The molecule has 104 valence electrons. The van der Waals surface area contributed by atoms with Gasteiger partial charge in [0, 0.05) is 12.5 Å². The molecular formula is C16H24N2O. The van der Waals surface area contributed by atoms with E-state index in [0.29, 0.717) is 6.54 Å². The molecule has 1 atom stereocenters. The van der Waals surface area contributed by atoms with Crippen LogP contribution >= 0.6 is 0 Å². The van der Waals surface area contributed by atoms with Gasteiger partial charge in [-0.25, -0.2) is 0 Å². The fourth-order valence-electron chi connectivity index (χ4n) is 2.60. The van der Waals surface area contributed by atoms with Crippen LogP contribution in [-0.2, 0) is 11.3 Å². The number of nitrogens with one attached hydrogen (secondary N) is 2. The predicted octanol–water partition coefficient (Wildman–Crippen LogP) is 2.31. The number of hydrogen-bond donors (Lipinski definition) is 2. The van der Waals surface area contributed by atoms with E-state index in [1.54, 1.807) is 0 Å². The first-order chi connectivity index (χ1) is 9.16. The molecule has 1 heterocycles. The first-order valence-electron chi connectivity index (χ1n) is 7.21. The highest BCUT2D eigenvalue weighted by molar-refractivity contribution is 5.78. The van der Waals surface area contributed by atoms with E-state index in [2.05, 4.69) is 42.7 Å². The third-order valence-electron chi connectivity index (χ3n) is 3.90. The topological polar surface area (TPSA) is 41.1 Å². The highest BCUT2D eigenvalue weighted by Gasteiger charge is 2.19. The third kappa shape index (κ3) is 4.06. The van der Waals surface area contributed by atoms with Crippen molar-refractivity contribution in [3.05, 3.63) is 34.9 Å². The minimum absolute atomic E-state index is 0.181. The molecule has 0 radical (unpaired) electrons. The van der Waals surface area contributed by atoms with Gasteiger partial charge in [0.1, 0.15) is 0 Å². The molecule has 0 bridgehead atoms. The van der Waals surface area contributed by atoms with Crippen molar-refractivity contribution in [2.75, 3.05) is 13.1 Å². The highest BCUT2D eigenvalue weighted by Crippen LogP contribution is 2.15. The molecule has 0 saturated carbocycles. The van der Waals surface area contributed by atoms with Gasteiger partial charge in [-0.1, -0.05) is 23.8 Å². The molecule has 1 aliphatic heterocycles. The Morgan fingerprint density at radius 2 is 2.16 bits per heavy atom. The molecule has 1 aromatic carbocycles. The van der Waals surface area contributed by atoms with Crippen LogP contribution in [-0.4, -0.2) is 19.0 Å². The molecule has 1 aromatic rings. The predicted molar refractivity (Wildman–Crippen MR) is 78.0 cm³/mol. The molecule has 1 unspecified atom stereocenters. The van der Waals surface area contributed by atoms with Crippen molar-refractivity contribution in [1.29, 1.82) is 0 Å². The number of aryl methyl sites for hydroxylation is 2. The number of hydrogen-bond acceptors (Lipinski definition) is 2. The summed E-state index contributed by atoms with van der Waals surface area (Å²) < 4.78 is 0. The first kappa shape index (κ1) is 14.1. The summed E-state index contributed by atoms with van der Waals surface area (Å²) in [6, 6.07) is 6.38. The van der Waals surface area contributed by atoms with E-state index in [1.807, 2.05) is 0 Å². The minimum atomic E-state index is 0.181. The zero-order valence-electron chi connectivity index (χ0n) is 12.0. The van der Waals surface area contributed by atoms with Crippen LogP contribution in [0, 0.1) is 19.8 Å². The average Bonchev–Trinajstić information content (AvgIpc) is 2.68. The number of carbonyl (C=O) groups is 1. The first-order valence-corrected chi connectivity index (χ1v) is 7.21. The van der Waals surface area contributed by atoms with Crippen molar-refractivity contribution in [3.8, 4) is 0 Å². The summed E-state index contributed by atoms with van der Waals surface area (Å²) in [5, 5.41) is 6.44. The Morgan fingerprint density at radius 1 is 1.32 bits per heavy atom. The molecule has 0 aliphatic carbocycles. The van der Waals surface area contributed by atoms with E-state index in [1.165, 1.54) is 16.7 Å². The second-order valence-electron chi connectivity index (χ2n) is 5.53. The molecule has 19 heavy (non-hydrogen) atoms. The zero-order valence-corrected chi connectivity index (χ0v) is 12.0. The summed E-state index contributed by atoms with van der Waals surface area (Å²) >= 11 is 0. The molecular weight excluding hydrogens is 236 g/mol. The normalized spacial score (nSPS) is 19.8. The Labute approximate surface area is 115 Å². The van der Waals surface area contributed by atoms with Gasteiger partial charge in [-0.2, -0.15) is 0 Å². The van der Waals surface area contributed by atoms with Crippen molar-refractivity contribution in [1.82, 2.24) is 10.6 Å². The maximum atomic E-state index is 12.2. The molecule has 3 heteroatoms. The Balaban J connectivity index is 1.90. The molecule has 1 fully saturated rings. The van der Waals surface area contributed by atoms with Crippen LogP contribution in [0.1, 0.15) is 36.0 Å². The Kier molecular flexibility index (Phi) is 4.97. The smallest absolute Gasteiger partial charge is 0.223 e. The molecule has 2 rings (SSSR count). The van der Waals surface area contributed by atoms with Gasteiger partial charge in [0.25, 0.3) is 0 Å². The SMILES string of the molecule is Cc1ccc(C)c(CNC(=O)C2CCCNCC2)c1. The fraction of sp³-hybridized carbons (Fsp3) is 0.562. The van der Waals surface area contributed by atoms with Gasteiger partial charge in [-0.15, -0.1) is 0 Å². The van der Waals surface area contributed by atoms with Crippen LogP contribution in [0.25, 0.3) is 0 Å². The van der Waals surface area contributed by atoms with E-state index in [0.717, 1.165) is 32.4 Å². The van der Waals surface area contributed by atoms with Crippen LogP contribution in [0.2, 0.25) is 0 Å². The van der Waals surface area contributed by atoms with Crippen molar-refractivity contribution >= 4 is 5.91 Å². The number of carbonyl (C=O) groups excluding carboxylic acids is 1. The van der Waals surface area contributed by atoms with Crippen LogP contribution < -0.4 is 10.6 Å². The lowest BCUT2D eigenvalue weighted by atomic mass is 9.99. The van der Waals surface area contributed by atoms with Crippen LogP contribution in [0.15, 0.2) is 18.2 Å². The van der Waals surface area contributed by atoms with Gasteiger partial charge < -0.3 is 10.6 Å². The maximum absolute atomic E-state index is 12.2. The van der Waals surface area contributed by atoms with Crippen LogP contribution in [0.4, 0.5) is 0 Å².